The minimum Gasteiger partial charge on any atom is -0.352 e. The molecule has 0 saturated heterocycles. The van der Waals surface area contributed by atoms with Gasteiger partial charge in [0.15, 0.2) is 0 Å². The maximum absolute atomic E-state index is 13.4. The van der Waals surface area contributed by atoms with Crippen molar-refractivity contribution in [1.29, 1.82) is 0 Å². The summed E-state index contributed by atoms with van der Waals surface area (Å²) in [5.41, 5.74) is 2.43. The van der Waals surface area contributed by atoms with Gasteiger partial charge < -0.3 is 5.32 Å². The molecule has 2 aliphatic rings. The highest BCUT2D eigenvalue weighted by Gasteiger charge is 2.40. The Bertz CT molecular complexity index is 1000. The average Bonchev–Trinajstić information content (AvgIpc) is 3.30. The quantitative estimate of drug-likeness (QED) is 0.785. The molecule has 0 heterocycles. The van der Waals surface area contributed by atoms with Crippen LogP contribution in [0, 0.1) is 25.7 Å². The van der Waals surface area contributed by atoms with E-state index in [-0.39, 0.29) is 23.4 Å². The van der Waals surface area contributed by atoms with Gasteiger partial charge in [-0.25, -0.2) is 8.42 Å². The van der Waals surface area contributed by atoms with Crippen molar-refractivity contribution < 1.29 is 13.2 Å². The molecular formula is C23H28N2O3S. The van der Waals surface area contributed by atoms with Gasteiger partial charge in [0.25, 0.3) is 10.0 Å². The highest BCUT2D eigenvalue weighted by atomic mass is 32.2. The van der Waals surface area contributed by atoms with E-state index in [4.69, 9.17) is 0 Å². The Morgan fingerprint density at radius 1 is 1.07 bits per heavy atom. The van der Waals surface area contributed by atoms with E-state index in [1.807, 2.05) is 26.0 Å². The minimum absolute atomic E-state index is 0.182. The number of benzene rings is 2. The van der Waals surface area contributed by atoms with Gasteiger partial charge in [0.05, 0.1) is 10.6 Å². The van der Waals surface area contributed by atoms with Gasteiger partial charge in [-0.2, -0.15) is 0 Å². The number of nitrogens with zero attached hydrogens (tertiary/aromatic N) is 1. The van der Waals surface area contributed by atoms with Gasteiger partial charge in [-0.1, -0.05) is 42.3 Å². The molecule has 2 fully saturated rings. The molecule has 2 aromatic rings. The number of hydrogen-bond acceptors (Lipinski definition) is 3. The smallest absolute Gasteiger partial charge is 0.264 e. The highest BCUT2D eigenvalue weighted by molar-refractivity contribution is 7.92. The first-order valence-electron chi connectivity index (χ1n) is 10.3. The average molecular weight is 413 g/mol. The van der Waals surface area contributed by atoms with E-state index in [1.54, 1.807) is 36.4 Å². The number of carbonyl (C=O) groups excluding carboxylic acids is 1. The van der Waals surface area contributed by atoms with E-state index in [1.165, 1.54) is 23.6 Å². The number of anilines is 1. The number of fused-ring (bicyclic) bond motifs is 2. The molecule has 2 aromatic carbocycles. The fraction of sp³-hybridized carbons (Fsp3) is 0.435. The Morgan fingerprint density at radius 3 is 2.45 bits per heavy atom. The lowest BCUT2D eigenvalue weighted by atomic mass is 9.95. The van der Waals surface area contributed by atoms with Crippen molar-refractivity contribution in [3.63, 3.8) is 0 Å². The third-order valence-corrected chi connectivity index (χ3v) is 8.10. The van der Waals surface area contributed by atoms with Crippen molar-refractivity contribution in [2.24, 2.45) is 11.8 Å². The summed E-state index contributed by atoms with van der Waals surface area (Å²) in [7, 11) is -3.86. The monoisotopic (exact) mass is 412 g/mol. The SMILES string of the molecule is Cc1ccc(N(CC(=O)NC2CC3CCC2C3)S(=O)(=O)c2ccccc2)c(C)c1. The van der Waals surface area contributed by atoms with Gasteiger partial charge in [-0.3, -0.25) is 9.10 Å². The normalized spacial score (nSPS) is 23.2. The molecule has 2 aliphatic carbocycles. The standard InChI is InChI=1S/C23H28N2O3S/c1-16-8-11-22(17(2)12-16)25(29(27,28)20-6-4-3-5-7-20)15-23(26)24-21-14-18-9-10-19(21)13-18/h3-8,11-12,18-19,21H,9-10,13-15H2,1-2H3,(H,24,26). The number of rotatable bonds is 6. The van der Waals surface area contributed by atoms with Crippen LogP contribution in [-0.4, -0.2) is 26.9 Å². The van der Waals surface area contributed by atoms with Crippen LogP contribution in [-0.2, 0) is 14.8 Å². The zero-order chi connectivity index (χ0) is 20.6. The van der Waals surface area contributed by atoms with Gasteiger partial charge in [-0.15, -0.1) is 0 Å². The summed E-state index contributed by atoms with van der Waals surface area (Å²) < 4.78 is 28.1. The van der Waals surface area contributed by atoms with Crippen molar-refractivity contribution in [3.05, 3.63) is 59.7 Å². The first-order chi connectivity index (χ1) is 13.8. The van der Waals surface area contributed by atoms with Crippen LogP contribution >= 0.6 is 0 Å². The summed E-state index contributed by atoms with van der Waals surface area (Å²) >= 11 is 0. The number of sulfonamides is 1. The molecule has 0 spiro atoms. The van der Waals surface area contributed by atoms with Crippen molar-refractivity contribution in [2.75, 3.05) is 10.8 Å². The molecule has 154 valence electrons. The lowest BCUT2D eigenvalue weighted by molar-refractivity contribution is -0.120. The highest BCUT2D eigenvalue weighted by Crippen LogP contribution is 2.44. The Hall–Kier alpha value is -2.34. The van der Waals surface area contributed by atoms with Crippen LogP contribution in [0.3, 0.4) is 0 Å². The molecule has 3 unspecified atom stereocenters. The Balaban J connectivity index is 1.62. The number of aryl methyl sites for hydroxylation is 2. The number of carbonyl (C=O) groups is 1. The summed E-state index contributed by atoms with van der Waals surface area (Å²) in [5.74, 6) is 1.03. The Labute approximate surface area is 173 Å². The summed E-state index contributed by atoms with van der Waals surface area (Å²) in [6.07, 6.45) is 4.63. The van der Waals surface area contributed by atoms with Crippen LogP contribution in [0.15, 0.2) is 53.4 Å². The zero-order valence-corrected chi connectivity index (χ0v) is 17.8. The van der Waals surface area contributed by atoms with Gasteiger partial charge in [0, 0.05) is 6.04 Å². The van der Waals surface area contributed by atoms with Gasteiger partial charge >= 0.3 is 0 Å². The van der Waals surface area contributed by atoms with Crippen LogP contribution in [0.1, 0.15) is 36.8 Å². The second kappa shape index (κ2) is 7.82. The van der Waals surface area contributed by atoms with E-state index in [0.717, 1.165) is 17.5 Å². The first kappa shape index (κ1) is 20.0. The molecule has 4 rings (SSSR count). The van der Waals surface area contributed by atoms with E-state index >= 15 is 0 Å². The van der Waals surface area contributed by atoms with Gasteiger partial charge in [0.1, 0.15) is 6.54 Å². The molecule has 2 bridgehead atoms. The topological polar surface area (TPSA) is 66.5 Å². The third kappa shape index (κ3) is 4.04. The molecule has 1 N–H and O–H groups in total. The van der Waals surface area contributed by atoms with Crippen LogP contribution < -0.4 is 9.62 Å². The van der Waals surface area contributed by atoms with E-state index in [0.29, 0.717) is 17.5 Å². The molecule has 29 heavy (non-hydrogen) atoms. The molecule has 0 aromatic heterocycles. The van der Waals surface area contributed by atoms with E-state index in [2.05, 4.69) is 5.32 Å². The van der Waals surface area contributed by atoms with Crippen LogP contribution in [0.25, 0.3) is 0 Å². The predicted molar refractivity (Wildman–Crippen MR) is 114 cm³/mol. The van der Waals surface area contributed by atoms with E-state index < -0.39 is 10.0 Å². The first-order valence-corrected chi connectivity index (χ1v) is 11.7. The molecular weight excluding hydrogens is 384 g/mol. The second-order valence-electron chi connectivity index (χ2n) is 8.46. The number of hydrogen-bond donors (Lipinski definition) is 1. The Morgan fingerprint density at radius 2 is 1.83 bits per heavy atom. The zero-order valence-electron chi connectivity index (χ0n) is 17.0. The van der Waals surface area contributed by atoms with Gasteiger partial charge in [-0.05, 0) is 68.7 Å². The molecule has 6 heteroatoms. The maximum Gasteiger partial charge on any atom is 0.264 e. The minimum atomic E-state index is -3.86. The largest absolute Gasteiger partial charge is 0.352 e. The van der Waals surface area contributed by atoms with Crippen LogP contribution in [0.2, 0.25) is 0 Å². The van der Waals surface area contributed by atoms with Crippen molar-refractivity contribution in [1.82, 2.24) is 5.32 Å². The summed E-state index contributed by atoms with van der Waals surface area (Å²) in [6.45, 7) is 3.63. The maximum atomic E-state index is 13.4. The van der Waals surface area contributed by atoms with Crippen LogP contribution in [0.4, 0.5) is 5.69 Å². The summed E-state index contributed by atoms with van der Waals surface area (Å²) in [5, 5.41) is 3.12. The molecule has 0 aliphatic heterocycles. The molecule has 5 nitrogen and oxygen atoms in total. The molecule has 2 saturated carbocycles. The van der Waals surface area contributed by atoms with Crippen molar-refractivity contribution in [2.45, 2.75) is 50.5 Å². The lowest BCUT2D eigenvalue weighted by Gasteiger charge is -2.28. The third-order valence-electron chi connectivity index (χ3n) is 6.32. The molecule has 3 atom stereocenters. The fourth-order valence-electron chi connectivity index (χ4n) is 4.91. The molecule has 1 amide bonds. The fourth-order valence-corrected chi connectivity index (χ4v) is 6.42. The van der Waals surface area contributed by atoms with Crippen molar-refractivity contribution in [3.8, 4) is 0 Å². The Kier molecular flexibility index (Phi) is 5.38. The van der Waals surface area contributed by atoms with E-state index in [9.17, 15) is 13.2 Å². The number of amides is 1. The lowest BCUT2D eigenvalue weighted by Crippen LogP contribution is -2.46. The second-order valence-corrected chi connectivity index (χ2v) is 10.3. The molecule has 0 radical (unpaired) electrons. The summed E-state index contributed by atoms with van der Waals surface area (Å²) in [4.78, 5) is 13.1. The number of nitrogens with one attached hydrogen (secondary N) is 1. The summed E-state index contributed by atoms with van der Waals surface area (Å²) in [6, 6.07) is 14.1. The van der Waals surface area contributed by atoms with Gasteiger partial charge in [0.2, 0.25) is 5.91 Å². The van der Waals surface area contributed by atoms with Crippen LogP contribution in [0.5, 0.6) is 0 Å². The van der Waals surface area contributed by atoms with Crippen molar-refractivity contribution >= 4 is 21.6 Å². The predicted octanol–water partition coefficient (Wildman–Crippen LogP) is 3.80.